The Kier molecular flexibility index (Phi) is 2.24. The molecule has 76 valence electrons. The average Bonchev–Trinajstić information content (AvgIpc) is 2.65. The largest absolute Gasteiger partial charge is 0.328 e. The minimum Gasteiger partial charge on any atom is -0.328 e. The molecule has 0 heterocycles. The number of rotatable bonds is 3. The van der Waals surface area contributed by atoms with Crippen LogP contribution in [0.5, 0.6) is 0 Å². The zero-order chi connectivity index (χ0) is 9.85. The Hall–Kier alpha value is 0.690. The molecule has 2 N–H and O–H groups in total. The summed E-state index contributed by atoms with van der Waals surface area (Å²) in [5, 5.41) is 0. The van der Waals surface area contributed by atoms with Gasteiger partial charge >= 0.3 is 0 Å². The lowest BCUT2D eigenvalue weighted by atomic mass is 9.65. The van der Waals surface area contributed by atoms with Crippen LogP contribution < -0.4 is 5.73 Å². The Balaban J connectivity index is 1.95. The first-order chi connectivity index (χ1) is 5.94. The van der Waals surface area contributed by atoms with Gasteiger partial charge in [-0.05, 0) is 42.9 Å². The van der Waals surface area contributed by atoms with E-state index in [1.165, 1.54) is 19.3 Å². The quantitative estimate of drug-likeness (QED) is 0.628. The number of halogens is 1. The summed E-state index contributed by atoms with van der Waals surface area (Å²) in [7, 11) is 0. The lowest BCUT2D eigenvalue weighted by molar-refractivity contribution is 0.114. The van der Waals surface area contributed by atoms with Crippen LogP contribution in [0.25, 0.3) is 0 Å². The second kappa shape index (κ2) is 2.84. The highest BCUT2D eigenvalue weighted by Gasteiger charge is 2.78. The highest BCUT2D eigenvalue weighted by molar-refractivity contribution is 14.1. The molecule has 4 unspecified atom stereocenters. The number of hydrogen-bond acceptors (Lipinski definition) is 1. The standard InChI is InChI=1S/C11H20IN/c1-7(13)4-5-11-6-10(11,3)8(2)9(11)12/h7-9H,4-6,13H2,1-3H3/t7?,8?,9-,10?,11?/m0/s1. The molecule has 0 radical (unpaired) electrons. The van der Waals surface area contributed by atoms with Crippen molar-refractivity contribution in [3.05, 3.63) is 0 Å². The van der Waals surface area contributed by atoms with E-state index in [0.717, 1.165) is 9.84 Å². The number of hydrogen-bond donors (Lipinski definition) is 1. The smallest absolute Gasteiger partial charge is 0.0203 e. The van der Waals surface area contributed by atoms with E-state index in [2.05, 4.69) is 43.4 Å². The summed E-state index contributed by atoms with van der Waals surface area (Å²) in [6.45, 7) is 7.00. The molecule has 0 amide bonds. The molecule has 2 rings (SSSR count). The highest BCUT2D eigenvalue weighted by Crippen LogP contribution is 2.83. The number of fused-ring (bicyclic) bond motifs is 1. The fourth-order valence-electron chi connectivity index (χ4n) is 3.34. The van der Waals surface area contributed by atoms with Gasteiger partial charge in [-0.25, -0.2) is 0 Å². The summed E-state index contributed by atoms with van der Waals surface area (Å²) in [6, 6.07) is 0.388. The molecule has 0 aromatic carbocycles. The summed E-state index contributed by atoms with van der Waals surface area (Å²) in [5.74, 6) is 0.932. The van der Waals surface area contributed by atoms with Crippen molar-refractivity contribution in [2.45, 2.75) is 50.0 Å². The van der Waals surface area contributed by atoms with Crippen molar-refractivity contribution in [3.8, 4) is 0 Å². The fourth-order valence-corrected chi connectivity index (χ4v) is 5.38. The summed E-state index contributed by atoms with van der Waals surface area (Å²) in [4.78, 5) is 0. The first-order valence-electron chi connectivity index (χ1n) is 5.34. The van der Waals surface area contributed by atoms with Gasteiger partial charge in [0.15, 0.2) is 0 Å². The second-order valence-corrected chi connectivity index (χ2v) is 6.80. The first kappa shape index (κ1) is 10.2. The van der Waals surface area contributed by atoms with Crippen molar-refractivity contribution in [1.29, 1.82) is 0 Å². The summed E-state index contributed by atoms with van der Waals surface area (Å²) in [6.07, 6.45) is 4.03. The predicted octanol–water partition coefficient (Wildman–Crippen LogP) is 2.96. The summed E-state index contributed by atoms with van der Waals surface area (Å²) < 4.78 is 0.911. The molecule has 2 heteroatoms. The molecule has 13 heavy (non-hydrogen) atoms. The molecular weight excluding hydrogens is 273 g/mol. The van der Waals surface area contributed by atoms with E-state index < -0.39 is 0 Å². The van der Waals surface area contributed by atoms with E-state index in [4.69, 9.17) is 5.73 Å². The molecule has 0 bridgehead atoms. The van der Waals surface area contributed by atoms with Crippen LogP contribution in [0.15, 0.2) is 0 Å². The molecule has 1 nitrogen and oxygen atoms in total. The van der Waals surface area contributed by atoms with Crippen molar-refractivity contribution in [3.63, 3.8) is 0 Å². The monoisotopic (exact) mass is 293 g/mol. The maximum atomic E-state index is 5.82. The van der Waals surface area contributed by atoms with E-state index in [1.807, 2.05) is 0 Å². The van der Waals surface area contributed by atoms with Gasteiger partial charge in [0.1, 0.15) is 0 Å². The molecule has 5 atom stereocenters. The number of alkyl halides is 1. The lowest BCUT2D eigenvalue weighted by Gasteiger charge is -2.46. The summed E-state index contributed by atoms with van der Waals surface area (Å²) >= 11 is 2.66. The topological polar surface area (TPSA) is 26.0 Å². The van der Waals surface area contributed by atoms with Crippen LogP contribution in [0.4, 0.5) is 0 Å². The SMILES string of the molecule is CC(N)CCC12CC1(C)C(C)[C@@H]2I. The highest BCUT2D eigenvalue weighted by atomic mass is 127. The molecule has 0 aliphatic heterocycles. The summed E-state index contributed by atoms with van der Waals surface area (Å²) in [5.41, 5.74) is 7.20. The predicted molar refractivity (Wildman–Crippen MR) is 65.0 cm³/mol. The van der Waals surface area contributed by atoms with Crippen LogP contribution in [0.3, 0.4) is 0 Å². The van der Waals surface area contributed by atoms with Gasteiger partial charge in [0.2, 0.25) is 0 Å². The maximum absolute atomic E-state index is 5.82. The Labute approximate surface area is 95.0 Å². The van der Waals surface area contributed by atoms with Crippen molar-refractivity contribution < 1.29 is 0 Å². The molecule has 0 saturated heterocycles. The zero-order valence-electron chi connectivity index (χ0n) is 8.81. The van der Waals surface area contributed by atoms with Crippen molar-refractivity contribution in [2.24, 2.45) is 22.5 Å². The average molecular weight is 293 g/mol. The molecule has 0 aromatic heterocycles. The van der Waals surface area contributed by atoms with Gasteiger partial charge in [0, 0.05) is 9.97 Å². The molecular formula is C11H20IN. The Morgan fingerprint density at radius 1 is 1.62 bits per heavy atom. The third kappa shape index (κ3) is 1.14. The first-order valence-corrected chi connectivity index (χ1v) is 6.58. The van der Waals surface area contributed by atoms with Crippen molar-refractivity contribution >= 4 is 22.6 Å². The van der Waals surface area contributed by atoms with Gasteiger partial charge in [-0.3, -0.25) is 0 Å². The number of nitrogens with two attached hydrogens (primary N) is 1. The van der Waals surface area contributed by atoms with Gasteiger partial charge in [-0.15, -0.1) is 0 Å². The fraction of sp³-hybridized carbons (Fsp3) is 1.00. The molecule has 2 aliphatic rings. The van der Waals surface area contributed by atoms with Gasteiger partial charge < -0.3 is 5.73 Å². The molecule has 0 spiro atoms. The van der Waals surface area contributed by atoms with Gasteiger partial charge in [-0.2, -0.15) is 0 Å². The normalized spacial score (nSPS) is 55.2. The third-order valence-electron chi connectivity index (χ3n) is 4.71. The Morgan fingerprint density at radius 2 is 2.23 bits per heavy atom. The zero-order valence-corrected chi connectivity index (χ0v) is 11.0. The van der Waals surface area contributed by atoms with Crippen LogP contribution in [-0.4, -0.2) is 9.97 Å². The molecule has 2 fully saturated rings. The van der Waals surface area contributed by atoms with Gasteiger partial charge in [0.05, 0.1) is 0 Å². The van der Waals surface area contributed by atoms with Gasteiger partial charge in [-0.1, -0.05) is 36.4 Å². The minimum atomic E-state index is 0.388. The van der Waals surface area contributed by atoms with E-state index in [1.54, 1.807) is 0 Å². The van der Waals surface area contributed by atoms with Crippen LogP contribution in [0.1, 0.15) is 40.0 Å². The van der Waals surface area contributed by atoms with Crippen molar-refractivity contribution in [1.82, 2.24) is 0 Å². The van der Waals surface area contributed by atoms with Gasteiger partial charge in [0.25, 0.3) is 0 Å². The van der Waals surface area contributed by atoms with E-state index >= 15 is 0 Å². The van der Waals surface area contributed by atoms with Crippen molar-refractivity contribution in [2.75, 3.05) is 0 Å². The Bertz CT molecular complexity index is 228. The minimum absolute atomic E-state index is 0.388. The second-order valence-electron chi connectivity index (χ2n) is 5.46. The van der Waals surface area contributed by atoms with E-state index in [0.29, 0.717) is 16.9 Å². The Morgan fingerprint density at radius 3 is 2.62 bits per heavy atom. The molecule has 0 aromatic rings. The van der Waals surface area contributed by atoms with E-state index in [-0.39, 0.29) is 0 Å². The van der Waals surface area contributed by atoms with Crippen LogP contribution >= 0.6 is 22.6 Å². The third-order valence-corrected chi connectivity index (χ3v) is 6.98. The van der Waals surface area contributed by atoms with Crippen LogP contribution in [-0.2, 0) is 0 Å². The lowest BCUT2D eigenvalue weighted by Crippen LogP contribution is -2.44. The molecule has 2 aliphatic carbocycles. The van der Waals surface area contributed by atoms with Crippen LogP contribution in [0, 0.1) is 16.7 Å². The maximum Gasteiger partial charge on any atom is 0.0203 e. The van der Waals surface area contributed by atoms with E-state index in [9.17, 15) is 0 Å². The van der Waals surface area contributed by atoms with Crippen LogP contribution in [0.2, 0.25) is 0 Å². The molecule has 2 saturated carbocycles.